The lowest BCUT2D eigenvalue weighted by molar-refractivity contribution is -0.117. The highest BCUT2D eigenvalue weighted by atomic mass is 35.5. The molecule has 8 nitrogen and oxygen atoms in total. The summed E-state index contributed by atoms with van der Waals surface area (Å²) in [6.45, 7) is 2.94. The van der Waals surface area contributed by atoms with Gasteiger partial charge < -0.3 is 14.9 Å². The number of nitriles is 1. The second-order valence-electron chi connectivity index (χ2n) is 8.11. The number of pyridine rings is 1. The average Bonchev–Trinajstić information content (AvgIpc) is 3.06. The summed E-state index contributed by atoms with van der Waals surface area (Å²) in [6.07, 6.45) is -1.14. The van der Waals surface area contributed by atoms with Crippen LogP contribution in [-0.2, 0) is 10.0 Å². The van der Waals surface area contributed by atoms with E-state index in [1.54, 1.807) is 6.07 Å². The van der Waals surface area contributed by atoms with Crippen molar-refractivity contribution in [3.8, 4) is 11.8 Å². The molecule has 32 heavy (non-hydrogen) atoms. The molecule has 0 unspecified atom stereocenters. The molecule has 3 rings (SSSR count). The first-order valence-electron chi connectivity index (χ1n) is 9.86. The van der Waals surface area contributed by atoms with E-state index in [0.29, 0.717) is 0 Å². The Morgan fingerprint density at radius 2 is 2.12 bits per heavy atom. The van der Waals surface area contributed by atoms with Crippen molar-refractivity contribution in [3.63, 3.8) is 0 Å². The van der Waals surface area contributed by atoms with Gasteiger partial charge >= 0.3 is 0 Å². The SMILES string of the molecule is CC(C)C[C@H](O)[C@]1(O)CN(S(=O)(=O)c2ccc(Cl)cn2)C[C@@H]1Oc1ccc(C#N)c(F)c1. The maximum absolute atomic E-state index is 14.0. The van der Waals surface area contributed by atoms with Gasteiger partial charge in [0.05, 0.1) is 23.2 Å². The Morgan fingerprint density at radius 1 is 1.41 bits per heavy atom. The van der Waals surface area contributed by atoms with Crippen LogP contribution in [0.2, 0.25) is 5.02 Å². The molecule has 0 amide bonds. The minimum Gasteiger partial charge on any atom is -0.486 e. The average molecular weight is 484 g/mol. The Hall–Kier alpha value is -2.29. The van der Waals surface area contributed by atoms with E-state index in [9.17, 15) is 23.0 Å². The third-order valence-electron chi connectivity index (χ3n) is 5.27. The van der Waals surface area contributed by atoms with Gasteiger partial charge in [-0.3, -0.25) is 0 Å². The zero-order chi connectivity index (χ0) is 23.7. The van der Waals surface area contributed by atoms with Crippen molar-refractivity contribution in [2.24, 2.45) is 5.92 Å². The number of benzene rings is 1. The van der Waals surface area contributed by atoms with E-state index >= 15 is 0 Å². The number of aromatic nitrogens is 1. The maximum Gasteiger partial charge on any atom is 0.260 e. The second-order valence-corrected chi connectivity index (χ2v) is 10.4. The first-order valence-corrected chi connectivity index (χ1v) is 11.7. The fraction of sp³-hybridized carbons (Fsp3) is 0.429. The van der Waals surface area contributed by atoms with Gasteiger partial charge in [-0.15, -0.1) is 0 Å². The number of rotatable bonds is 7. The van der Waals surface area contributed by atoms with E-state index in [-0.39, 0.29) is 40.2 Å². The molecular formula is C21H23ClFN3O5S. The minimum absolute atomic E-state index is 0.00520. The highest BCUT2D eigenvalue weighted by Gasteiger charge is 2.55. The number of halogens is 2. The van der Waals surface area contributed by atoms with Crippen LogP contribution in [-0.4, -0.2) is 58.8 Å². The molecule has 1 aromatic heterocycles. The van der Waals surface area contributed by atoms with Gasteiger partial charge in [-0.05, 0) is 36.6 Å². The first-order chi connectivity index (χ1) is 15.0. The van der Waals surface area contributed by atoms with Crippen molar-refractivity contribution >= 4 is 21.6 Å². The Balaban J connectivity index is 1.94. The molecule has 1 aliphatic rings. The molecule has 3 atom stereocenters. The molecule has 0 spiro atoms. The zero-order valence-electron chi connectivity index (χ0n) is 17.4. The Bertz CT molecular complexity index is 1120. The number of aliphatic hydroxyl groups excluding tert-OH is 1. The minimum atomic E-state index is -4.14. The quantitative estimate of drug-likeness (QED) is 0.619. The van der Waals surface area contributed by atoms with Crippen LogP contribution in [0.4, 0.5) is 4.39 Å². The van der Waals surface area contributed by atoms with Gasteiger partial charge in [0, 0.05) is 18.8 Å². The molecule has 1 aromatic carbocycles. The van der Waals surface area contributed by atoms with Crippen LogP contribution in [0, 0.1) is 23.1 Å². The standard InChI is InChI=1S/C21H23ClFN3O5S/c1-13(2)7-18(27)21(28)12-26(32(29,30)20-6-4-15(22)10-25-20)11-19(21)31-16-5-3-14(9-24)17(23)8-16/h3-6,8,10,13,18-19,27-28H,7,11-12H2,1-2H3/t18-,19-,21+/m0/s1. The fourth-order valence-electron chi connectivity index (χ4n) is 3.56. The Kier molecular flexibility index (Phi) is 7.07. The summed E-state index contributed by atoms with van der Waals surface area (Å²) >= 11 is 5.79. The summed E-state index contributed by atoms with van der Waals surface area (Å²) in [5, 5.41) is 31.0. The van der Waals surface area contributed by atoms with Gasteiger partial charge in [0.25, 0.3) is 10.0 Å². The van der Waals surface area contributed by atoms with Gasteiger partial charge in [-0.2, -0.15) is 9.57 Å². The zero-order valence-corrected chi connectivity index (χ0v) is 19.0. The van der Waals surface area contributed by atoms with Crippen LogP contribution in [0.15, 0.2) is 41.6 Å². The van der Waals surface area contributed by atoms with E-state index in [1.807, 2.05) is 13.8 Å². The molecule has 0 radical (unpaired) electrons. The van der Waals surface area contributed by atoms with Gasteiger partial charge in [-0.1, -0.05) is 25.4 Å². The summed E-state index contributed by atoms with van der Waals surface area (Å²) in [5.41, 5.74) is -2.15. The highest BCUT2D eigenvalue weighted by molar-refractivity contribution is 7.89. The summed E-state index contributed by atoms with van der Waals surface area (Å²) in [5.74, 6) is -0.819. The number of ether oxygens (including phenoxy) is 1. The maximum atomic E-state index is 14.0. The van der Waals surface area contributed by atoms with E-state index in [2.05, 4.69) is 4.98 Å². The molecule has 2 heterocycles. The predicted molar refractivity (Wildman–Crippen MR) is 114 cm³/mol. The normalized spacial score (nSPS) is 22.6. The number of sulfonamides is 1. The molecule has 1 fully saturated rings. The van der Waals surface area contributed by atoms with Crippen LogP contribution >= 0.6 is 11.6 Å². The summed E-state index contributed by atoms with van der Waals surface area (Å²) in [4.78, 5) is 3.85. The number of β-amino-alcohol motifs (C(OH)–C–C–N with tert-alkyl or cyclic N) is 1. The van der Waals surface area contributed by atoms with Crippen molar-refractivity contribution < 1.29 is 27.8 Å². The van der Waals surface area contributed by atoms with Crippen LogP contribution in [0.5, 0.6) is 5.75 Å². The fourth-order valence-corrected chi connectivity index (χ4v) is 5.07. The Labute approximate surface area is 190 Å². The lowest BCUT2D eigenvalue weighted by Gasteiger charge is -2.34. The summed E-state index contributed by atoms with van der Waals surface area (Å²) in [7, 11) is -4.14. The van der Waals surface area contributed by atoms with Crippen LogP contribution in [0.3, 0.4) is 0 Å². The molecule has 11 heteroatoms. The van der Waals surface area contributed by atoms with E-state index < -0.39 is 40.2 Å². The molecule has 1 saturated heterocycles. The van der Waals surface area contributed by atoms with Crippen molar-refractivity contribution in [1.29, 1.82) is 5.26 Å². The molecule has 2 aromatic rings. The summed E-state index contributed by atoms with van der Waals surface area (Å²) in [6, 6.07) is 7.86. The first kappa shape index (κ1) is 24.4. The number of aliphatic hydroxyl groups is 2. The number of nitrogens with zero attached hydrogens (tertiary/aromatic N) is 3. The highest BCUT2D eigenvalue weighted by Crippen LogP contribution is 2.35. The smallest absolute Gasteiger partial charge is 0.260 e. The molecule has 2 N–H and O–H groups in total. The monoisotopic (exact) mass is 483 g/mol. The van der Waals surface area contributed by atoms with Crippen LogP contribution in [0.1, 0.15) is 25.8 Å². The molecule has 1 aliphatic heterocycles. The largest absolute Gasteiger partial charge is 0.486 e. The van der Waals surface area contributed by atoms with E-state index in [0.717, 1.165) is 10.4 Å². The van der Waals surface area contributed by atoms with E-state index in [4.69, 9.17) is 21.6 Å². The van der Waals surface area contributed by atoms with Crippen molar-refractivity contribution in [1.82, 2.24) is 9.29 Å². The van der Waals surface area contributed by atoms with Gasteiger partial charge in [0.15, 0.2) is 5.03 Å². The lowest BCUT2D eigenvalue weighted by atomic mass is 9.87. The van der Waals surface area contributed by atoms with Crippen LogP contribution < -0.4 is 4.74 Å². The molecular weight excluding hydrogens is 461 g/mol. The number of hydrogen-bond donors (Lipinski definition) is 2. The van der Waals surface area contributed by atoms with Gasteiger partial charge in [0.1, 0.15) is 29.3 Å². The topological polar surface area (TPSA) is 124 Å². The van der Waals surface area contributed by atoms with Gasteiger partial charge in [0.2, 0.25) is 0 Å². The third-order valence-corrected chi connectivity index (χ3v) is 7.22. The second kappa shape index (κ2) is 9.29. The van der Waals surface area contributed by atoms with E-state index in [1.165, 1.54) is 30.5 Å². The number of hydrogen-bond acceptors (Lipinski definition) is 7. The Morgan fingerprint density at radius 3 is 2.69 bits per heavy atom. The molecule has 0 saturated carbocycles. The lowest BCUT2D eigenvalue weighted by Crippen LogP contribution is -2.54. The third kappa shape index (κ3) is 4.87. The van der Waals surface area contributed by atoms with Crippen molar-refractivity contribution in [3.05, 3.63) is 52.9 Å². The van der Waals surface area contributed by atoms with Crippen LogP contribution in [0.25, 0.3) is 0 Å². The summed E-state index contributed by atoms with van der Waals surface area (Å²) < 4.78 is 46.9. The van der Waals surface area contributed by atoms with Crippen molar-refractivity contribution in [2.75, 3.05) is 13.1 Å². The molecule has 0 aliphatic carbocycles. The predicted octanol–water partition coefficient (Wildman–Crippen LogP) is 2.34. The molecule has 0 bridgehead atoms. The molecule has 172 valence electrons. The van der Waals surface area contributed by atoms with Gasteiger partial charge in [-0.25, -0.2) is 17.8 Å². The van der Waals surface area contributed by atoms with Crippen molar-refractivity contribution in [2.45, 2.75) is 43.1 Å².